The number of ether oxygens (including phenoxy) is 1. The minimum Gasteiger partial charge on any atom is -0.386 e. The van der Waals surface area contributed by atoms with Gasteiger partial charge in [-0.1, -0.05) is 0 Å². The van der Waals surface area contributed by atoms with Crippen molar-refractivity contribution in [3.63, 3.8) is 0 Å². The van der Waals surface area contributed by atoms with E-state index >= 15 is 0 Å². The fourth-order valence-corrected chi connectivity index (χ4v) is 4.33. The van der Waals surface area contributed by atoms with Gasteiger partial charge in [0.25, 0.3) is 0 Å². The van der Waals surface area contributed by atoms with E-state index in [9.17, 15) is 5.11 Å². The first-order chi connectivity index (χ1) is 11.0. The molecule has 2 aromatic rings. The Morgan fingerprint density at radius 2 is 2.30 bits per heavy atom. The van der Waals surface area contributed by atoms with E-state index in [4.69, 9.17) is 35.8 Å². The molecule has 0 aliphatic carbocycles. The Balaban J connectivity index is 1.68. The number of hydrogen-bond acceptors (Lipinski definition) is 10. The molecule has 0 bridgehead atoms. The summed E-state index contributed by atoms with van der Waals surface area (Å²) in [5.74, 6) is 0.258. The van der Waals surface area contributed by atoms with Crippen molar-refractivity contribution in [2.45, 2.75) is 24.5 Å². The number of aromatic nitrogens is 4. The van der Waals surface area contributed by atoms with Crippen LogP contribution in [0.4, 0.5) is 5.82 Å². The molecule has 10 nitrogen and oxygen atoms in total. The van der Waals surface area contributed by atoms with Crippen LogP contribution in [0.1, 0.15) is 6.23 Å². The van der Waals surface area contributed by atoms with E-state index in [-0.39, 0.29) is 12.4 Å². The lowest BCUT2D eigenvalue weighted by Crippen LogP contribution is -2.39. The highest BCUT2D eigenvalue weighted by Crippen LogP contribution is 2.56. The van der Waals surface area contributed by atoms with E-state index in [2.05, 4.69) is 15.0 Å². The fourth-order valence-electron chi connectivity index (χ4n) is 2.71. The maximum absolute atomic E-state index is 10.6. The third-order valence-corrected chi connectivity index (χ3v) is 6.28. The van der Waals surface area contributed by atoms with Crippen LogP contribution in [0, 0.1) is 0 Å². The van der Waals surface area contributed by atoms with Crippen LogP contribution in [-0.2, 0) is 30.1 Å². The molecule has 124 valence electrons. The van der Waals surface area contributed by atoms with Crippen molar-refractivity contribution < 1.29 is 23.4 Å². The van der Waals surface area contributed by atoms with Crippen LogP contribution in [0.15, 0.2) is 12.7 Å². The van der Waals surface area contributed by atoms with Crippen LogP contribution >= 0.6 is 6.72 Å². The second kappa shape index (κ2) is 5.42. The van der Waals surface area contributed by atoms with Gasteiger partial charge in [0.15, 0.2) is 17.7 Å². The van der Waals surface area contributed by atoms with Crippen molar-refractivity contribution in [2.75, 3.05) is 19.5 Å². The molecule has 2 aliphatic rings. The number of nitrogen functional groups attached to an aromatic ring is 1. The van der Waals surface area contributed by atoms with Gasteiger partial charge < -0.3 is 24.6 Å². The topological polar surface area (TPSA) is 127 Å². The van der Waals surface area contributed by atoms with Crippen molar-refractivity contribution in [3.8, 4) is 0 Å². The highest BCUT2D eigenvalue weighted by Gasteiger charge is 2.51. The molecule has 12 heteroatoms. The first kappa shape index (κ1) is 15.3. The summed E-state index contributed by atoms with van der Waals surface area (Å²) >= 11 is 5.19. The van der Waals surface area contributed by atoms with Gasteiger partial charge in [-0.3, -0.25) is 9.09 Å². The number of nitrogens with zero attached hydrogens (tertiary/aromatic N) is 4. The van der Waals surface area contributed by atoms with Crippen molar-refractivity contribution in [1.29, 1.82) is 0 Å². The Morgan fingerprint density at radius 3 is 3.09 bits per heavy atom. The largest absolute Gasteiger partial charge is 0.386 e. The normalized spacial score (nSPS) is 37.1. The van der Waals surface area contributed by atoms with Gasteiger partial charge in [0, 0.05) is 7.11 Å². The van der Waals surface area contributed by atoms with E-state index in [0.29, 0.717) is 11.2 Å². The summed E-state index contributed by atoms with van der Waals surface area (Å²) in [4.78, 5) is 12.2. The molecule has 2 saturated heterocycles. The Hall–Kier alpha value is -1.20. The number of anilines is 1. The first-order valence-corrected chi connectivity index (χ1v) is 9.33. The molecule has 3 unspecified atom stereocenters. The highest BCUT2D eigenvalue weighted by molar-refractivity contribution is 8.07. The number of nitrogens with two attached hydrogens (primary N) is 1. The smallest absolute Gasteiger partial charge is 0.327 e. The van der Waals surface area contributed by atoms with Crippen LogP contribution in [0.2, 0.25) is 0 Å². The molecule has 2 aromatic heterocycles. The molecule has 4 heterocycles. The summed E-state index contributed by atoms with van der Waals surface area (Å²) in [5, 5.41) is 10.6. The molecule has 3 N–H and O–H groups in total. The summed E-state index contributed by atoms with van der Waals surface area (Å²) in [5.41, 5.74) is 6.68. The number of fused-ring (bicyclic) bond motifs is 2. The molecule has 2 aliphatic heterocycles. The van der Waals surface area contributed by atoms with Crippen LogP contribution in [0.25, 0.3) is 11.2 Å². The van der Waals surface area contributed by atoms with Gasteiger partial charge in [-0.05, 0) is 11.8 Å². The summed E-state index contributed by atoms with van der Waals surface area (Å²) in [6, 6.07) is 0. The van der Waals surface area contributed by atoms with E-state index < -0.39 is 31.3 Å². The zero-order valence-electron chi connectivity index (χ0n) is 12.0. The molecule has 0 aromatic carbocycles. The Morgan fingerprint density at radius 1 is 1.48 bits per heavy atom. The molecule has 2 fully saturated rings. The predicted octanol–water partition coefficient (Wildman–Crippen LogP) is -0.0469. The minimum absolute atomic E-state index is 0.188. The van der Waals surface area contributed by atoms with Gasteiger partial charge in [0.2, 0.25) is 0 Å². The Kier molecular flexibility index (Phi) is 3.61. The SMILES string of the molecule is COP1(=S)OC[C@H]2O[C@@H](n3cnc4c(N)ncnc43)C(O)C2O1. The second-order valence-corrected chi connectivity index (χ2v) is 8.20. The lowest BCUT2D eigenvalue weighted by Gasteiger charge is -2.32. The molecule has 0 amide bonds. The number of rotatable bonds is 2. The first-order valence-electron chi connectivity index (χ1n) is 6.77. The fraction of sp³-hybridized carbons (Fsp3) is 0.545. The van der Waals surface area contributed by atoms with Crippen LogP contribution in [-0.4, -0.2) is 56.7 Å². The van der Waals surface area contributed by atoms with Crippen LogP contribution in [0.3, 0.4) is 0 Å². The van der Waals surface area contributed by atoms with Gasteiger partial charge in [0.1, 0.15) is 30.2 Å². The molecule has 0 radical (unpaired) electrons. The van der Waals surface area contributed by atoms with E-state index in [1.807, 2.05) is 0 Å². The maximum atomic E-state index is 10.6. The molecule has 23 heavy (non-hydrogen) atoms. The number of imidazole rings is 1. The standard InChI is InChI=1S/C11H14N5O5PS/c1-18-22(23)19-2-5-8(21-22)7(17)11(20-5)16-4-15-6-9(12)13-3-14-10(6)16/h3-5,7-8,11,17H,2H2,1H3,(H2,12,13,14)/t5-,7?,8?,11-,22?/m1/s1. The van der Waals surface area contributed by atoms with Crippen LogP contribution < -0.4 is 5.73 Å². The van der Waals surface area contributed by atoms with Gasteiger partial charge in [-0.2, -0.15) is 0 Å². The average molecular weight is 359 g/mol. The number of aliphatic hydroxyl groups is 1. The lowest BCUT2D eigenvalue weighted by molar-refractivity contribution is -0.0606. The van der Waals surface area contributed by atoms with E-state index in [1.54, 1.807) is 4.57 Å². The van der Waals surface area contributed by atoms with Gasteiger partial charge in [-0.25, -0.2) is 15.0 Å². The zero-order valence-corrected chi connectivity index (χ0v) is 13.7. The predicted molar refractivity (Wildman–Crippen MR) is 81.8 cm³/mol. The summed E-state index contributed by atoms with van der Waals surface area (Å²) in [6.45, 7) is -2.65. The second-order valence-electron chi connectivity index (χ2n) is 5.13. The van der Waals surface area contributed by atoms with Crippen LogP contribution in [0.5, 0.6) is 0 Å². The quantitative estimate of drug-likeness (QED) is 0.705. The molecule has 5 atom stereocenters. The van der Waals surface area contributed by atoms with E-state index in [1.165, 1.54) is 19.8 Å². The Bertz CT molecular complexity index is 802. The lowest BCUT2D eigenvalue weighted by atomic mass is 10.1. The number of aliphatic hydroxyl groups excluding tert-OH is 1. The summed E-state index contributed by atoms with van der Waals surface area (Å²) in [6.07, 6.45) is -0.00162. The van der Waals surface area contributed by atoms with Gasteiger partial charge >= 0.3 is 6.72 Å². The van der Waals surface area contributed by atoms with Crippen molar-refractivity contribution in [3.05, 3.63) is 12.7 Å². The molecule has 0 spiro atoms. The number of hydrogen-bond donors (Lipinski definition) is 2. The van der Waals surface area contributed by atoms with Crippen molar-refractivity contribution in [1.82, 2.24) is 19.5 Å². The minimum atomic E-state index is -2.84. The van der Waals surface area contributed by atoms with Gasteiger partial charge in [0.05, 0.1) is 12.9 Å². The van der Waals surface area contributed by atoms with Gasteiger partial charge in [-0.15, -0.1) is 0 Å². The molecule has 4 rings (SSSR count). The molecular weight excluding hydrogens is 345 g/mol. The van der Waals surface area contributed by atoms with Crippen molar-refractivity contribution >= 4 is 35.5 Å². The summed E-state index contributed by atoms with van der Waals surface area (Å²) in [7, 11) is 1.42. The highest BCUT2D eigenvalue weighted by atomic mass is 32.5. The van der Waals surface area contributed by atoms with Crippen molar-refractivity contribution in [2.24, 2.45) is 0 Å². The molecular formula is C11H14N5O5PS. The maximum Gasteiger partial charge on any atom is 0.327 e. The molecule has 0 saturated carbocycles. The van der Waals surface area contributed by atoms with E-state index in [0.717, 1.165) is 0 Å². The monoisotopic (exact) mass is 359 g/mol. The Labute approximate surface area is 135 Å². The third-order valence-electron chi connectivity index (χ3n) is 3.84. The third kappa shape index (κ3) is 2.36. The average Bonchev–Trinajstić information content (AvgIpc) is 3.10. The zero-order chi connectivity index (χ0) is 16.2. The summed E-state index contributed by atoms with van der Waals surface area (Å²) < 4.78 is 23.6.